The first-order valence-electron chi connectivity index (χ1n) is 7.13. The molecular formula is C16H19N3O2. The second-order valence-corrected chi connectivity index (χ2v) is 6.31. The molecule has 5 nitrogen and oxygen atoms in total. The number of nitrogens with zero attached hydrogens (tertiary/aromatic N) is 3. The summed E-state index contributed by atoms with van der Waals surface area (Å²) in [5.41, 5.74) is 2.53. The van der Waals surface area contributed by atoms with Crippen LogP contribution in [0.1, 0.15) is 32.0 Å². The van der Waals surface area contributed by atoms with Gasteiger partial charge < -0.3 is 9.64 Å². The zero-order valence-electron chi connectivity index (χ0n) is 12.6. The number of hydrogen-bond donors (Lipinski definition) is 0. The van der Waals surface area contributed by atoms with Gasteiger partial charge in [0.15, 0.2) is 0 Å². The molecule has 0 spiro atoms. The van der Waals surface area contributed by atoms with Gasteiger partial charge in [0.25, 0.3) is 0 Å². The van der Waals surface area contributed by atoms with Crippen molar-refractivity contribution in [2.45, 2.75) is 39.3 Å². The Bertz CT molecular complexity index is 691. The second-order valence-electron chi connectivity index (χ2n) is 6.31. The Hall–Kier alpha value is -2.17. The smallest absolute Gasteiger partial charge is 0.410 e. The molecule has 0 atom stereocenters. The molecule has 0 N–H and O–H groups in total. The predicted molar refractivity (Wildman–Crippen MR) is 79.9 cm³/mol. The third kappa shape index (κ3) is 2.96. The fourth-order valence-electron chi connectivity index (χ4n) is 2.45. The van der Waals surface area contributed by atoms with Crippen LogP contribution in [-0.4, -0.2) is 33.1 Å². The number of amides is 1. The number of carbonyl (C=O) groups is 1. The molecule has 0 fully saturated rings. The highest BCUT2D eigenvalue weighted by atomic mass is 16.6. The molecule has 0 unspecified atom stereocenters. The van der Waals surface area contributed by atoms with Gasteiger partial charge in [-0.05, 0) is 44.9 Å². The monoisotopic (exact) mass is 285 g/mol. The highest BCUT2D eigenvalue weighted by molar-refractivity contribution is 5.78. The van der Waals surface area contributed by atoms with Gasteiger partial charge in [-0.15, -0.1) is 0 Å². The Kier molecular flexibility index (Phi) is 3.27. The minimum Gasteiger partial charge on any atom is -0.444 e. The van der Waals surface area contributed by atoms with Gasteiger partial charge in [0.05, 0.1) is 24.0 Å². The molecule has 2 aromatic rings. The van der Waals surface area contributed by atoms with Gasteiger partial charge in [0.2, 0.25) is 0 Å². The van der Waals surface area contributed by atoms with Gasteiger partial charge >= 0.3 is 6.09 Å². The van der Waals surface area contributed by atoms with Gasteiger partial charge in [0, 0.05) is 18.1 Å². The van der Waals surface area contributed by atoms with Crippen LogP contribution in [0.3, 0.4) is 0 Å². The molecule has 21 heavy (non-hydrogen) atoms. The van der Waals surface area contributed by atoms with Crippen molar-refractivity contribution in [3.63, 3.8) is 0 Å². The van der Waals surface area contributed by atoms with E-state index in [0.717, 1.165) is 23.0 Å². The van der Waals surface area contributed by atoms with Crippen LogP contribution >= 0.6 is 0 Å². The highest BCUT2D eigenvalue weighted by Crippen LogP contribution is 2.23. The van der Waals surface area contributed by atoms with E-state index in [1.54, 1.807) is 17.3 Å². The number of hydrogen-bond acceptors (Lipinski definition) is 4. The van der Waals surface area contributed by atoms with E-state index in [1.807, 2.05) is 26.8 Å². The average molecular weight is 285 g/mol. The summed E-state index contributed by atoms with van der Waals surface area (Å²) in [4.78, 5) is 22.6. The van der Waals surface area contributed by atoms with Crippen LogP contribution in [0.25, 0.3) is 10.9 Å². The summed E-state index contributed by atoms with van der Waals surface area (Å²) in [5, 5.41) is 1.09. The Morgan fingerprint density at radius 1 is 1.38 bits per heavy atom. The molecule has 0 saturated carbocycles. The predicted octanol–water partition coefficient (Wildman–Crippen LogP) is 2.92. The zero-order valence-corrected chi connectivity index (χ0v) is 12.6. The molecule has 0 bridgehead atoms. The summed E-state index contributed by atoms with van der Waals surface area (Å²) in [5.74, 6) is 0. The lowest BCUT2D eigenvalue weighted by Gasteiger charge is -2.30. The largest absolute Gasteiger partial charge is 0.444 e. The van der Waals surface area contributed by atoms with E-state index in [2.05, 4.69) is 16.0 Å². The topological polar surface area (TPSA) is 55.3 Å². The Morgan fingerprint density at radius 2 is 2.19 bits per heavy atom. The number of fused-ring (bicyclic) bond motifs is 2. The highest BCUT2D eigenvalue weighted by Gasteiger charge is 2.26. The summed E-state index contributed by atoms with van der Waals surface area (Å²) < 4.78 is 5.43. The van der Waals surface area contributed by atoms with Gasteiger partial charge in [-0.25, -0.2) is 9.78 Å². The van der Waals surface area contributed by atoms with Crippen molar-refractivity contribution in [3.8, 4) is 0 Å². The van der Waals surface area contributed by atoms with Gasteiger partial charge in [-0.3, -0.25) is 4.98 Å². The molecule has 2 aromatic heterocycles. The first kappa shape index (κ1) is 13.8. The molecule has 1 amide bonds. The molecular weight excluding hydrogens is 266 g/mol. The molecule has 110 valence electrons. The second kappa shape index (κ2) is 4.98. The number of carbonyl (C=O) groups excluding carboxylic acids is 1. The quantitative estimate of drug-likeness (QED) is 0.747. The van der Waals surface area contributed by atoms with Gasteiger partial charge in [-0.1, -0.05) is 0 Å². The van der Waals surface area contributed by atoms with E-state index >= 15 is 0 Å². The Morgan fingerprint density at radius 3 is 2.95 bits per heavy atom. The van der Waals surface area contributed by atoms with Gasteiger partial charge in [-0.2, -0.15) is 0 Å². The fourth-order valence-corrected chi connectivity index (χ4v) is 2.45. The number of rotatable bonds is 0. The van der Waals surface area contributed by atoms with Crippen LogP contribution in [-0.2, 0) is 17.7 Å². The fraction of sp³-hybridized carbons (Fsp3) is 0.438. The number of aromatic nitrogens is 2. The lowest BCUT2D eigenvalue weighted by molar-refractivity contribution is 0.0221. The summed E-state index contributed by atoms with van der Waals surface area (Å²) in [6.07, 6.45) is 4.05. The molecule has 5 heteroatoms. The molecule has 0 aromatic carbocycles. The normalized spacial score (nSPS) is 14.9. The van der Waals surface area contributed by atoms with Crippen molar-refractivity contribution in [3.05, 3.63) is 35.8 Å². The summed E-state index contributed by atoms with van der Waals surface area (Å²) in [6.45, 7) is 6.79. The van der Waals surface area contributed by atoms with Crippen molar-refractivity contribution in [1.29, 1.82) is 0 Å². The van der Waals surface area contributed by atoms with Crippen molar-refractivity contribution in [2.75, 3.05) is 6.54 Å². The third-order valence-electron chi connectivity index (χ3n) is 3.43. The van der Waals surface area contributed by atoms with E-state index in [4.69, 9.17) is 4.74 Å². The van der Waals surface area contributed by atoms with E-state index in [0.29, 0.717) is 13.1 Å². The molecule has 0 saturated heterocycles. The summed E-state index contributed by atoms with van der Waals surface area (Å²) in [7, 11) is 0. The van der Waals surface area contributed by atoms with Crippen molar-refractivity contribution >= 4 is 17.0 Å². The SMILES string of the molecule is CC(C)(C)OC(=O)N1CCc2cc3ccncc3nc2C1. The van der Waals surface area contributed by atoms with Crippen molar-refractivity contribution in [2.24, 2.45) is 0 Å². The molecule has 3 heterocycles. The molecule has 1 aliphatic rings. The van der Waals surface area contributed by atoms with E-state index in [-0.39, 0.29) is 6.09 Å². The number of pyridine rings is 2. The van der Waals surface area contributed by atoms with Crippen LogP contribution in [0.4, 0.5) is 4.79 Å². The van der Waals surface area contributed by atoms with Gasteiger partial charge in [0.1, 0.15) is 5.60 Å². The maximum absolute atomic E-state index is 12.2. The van der Waals surface area contributed by atoms with Crippen LogP contribution in [0.15, 0.2) is 24.5 Å². The maximum atomic E-state index is 12.2. The molecule has 3 rings (SSSR count). The minimum absolute atomic E-state index is 0.277. The third-order valence-corrected chi connectivity index (χ3v) is 3.43. The van der Waals surface area contributed by atoms with Crippen molar-refractivity contribution in [1.82, 2.24) is 14.9 Å². The maximum Gasteiger partial charge on any atom is 0.410 e. The van der Waals surface area contributed by atoms with Crippen molar-refractivity contribution < 1.29 is 9.53 Å². The molecule has 0 radical (unpaired) electrons. The first-order valence-corrected chi connectivity index (χ1v) is 7.13. The summed E-state index contributed by atoms with van der Waals surface area (Å²) in [6, 6.07) is 4.11. The zero-order chi connectivity index (χ0) is 15.0. The summed E-state index contributed by atoms with van der Waals surface area (Å²) >= 11 is 0. The van der Waals surface area contributed by atoms with E-state index < -0.39 is 5.60 Å². The molecule has 1 aliphatic heterocycles. The lowest BCUT2D eigenvalue weighted by atomic mass is 10.0. The minimum atomic E-state index is -0.474. The van der Waals surface area contributed by atoms with E-state index in [9.17, 15) is 4.79 Å². The van der Waals surface area contributed by atoms with Crippen LogP contribution < -0.4 is 0 Å². The van der Waals surface area contributed by atoms with Crippen LogP contribution in [0, 0.1) is 0 Å². The van der Waals surface area contributed by atoms with E-state index in [1.165, 1.54) is 5.56 Å². The van der Waals surface area contributed by atoms with Crippen LogP contribution in [0.2, 0.25) is 0 Å². The lowest BCUT2D eigenvalue weighted by Crippen LogP contribution is -2.40. The Labute approximate surface area is 124 Å². The van der Waals surface area contributed by atoms with Crippen LogP contribution in [0.5, 0.6) is 0 Å². The first-order chi connectivity index (χ1) is 9.92. The molecule has 0 aliphatic carbocycles. The Balaban J connectivity index is 1.85. The standard InChI is InChI=1S/C16H19N3O2/c1-16(2,3)21-15(20)19-7-5-12-8-11-4-6-17-9-13(11)18-14(12)10-19/h4,6,8-9H,5,7,10H2,1-3H3. The average Bonchev–Trinajstić information content (AvgIpc) is 2.42. The number of ether oxygens (including phenoxy) is 1.